The van der Waals surface area contributed by atoms with Crippen LogP contribution in [-0.4, -0.2) is 30.3 Å². The van der Waals surface area contributed by atoms with E-state index in [1.54, 1.807) is 18.2 Å². The Balaban J connectivity index is 1.82. The summed E-state index contributed by atoms with van der Waals surface area (Å²) in [5.74, 6) is -0.442. The number of ether oxygens (including phenoxy) is 1. The summed E-state index contributed by atoms with van der Waals surface area (Å²) in [6.45, 7) is 1.49. The van der Waals surface area contributed by atoms with Gasteiger partial charge in [0.2, 0.25) is 0 Å². The number of carbonyl (C=O) groups is 2. The van der Waals surface area contributed by atoms with Crippen LogP contribution in [0.3, 0.4) is 0 Å². The van der Waals surface area contributed by atoms with Crippen molar-refractivity contribution in [2.24, 2.45) is 5.92 Å². The average molecular weight is 321 g/mol. The zero-order valence-electron chi connectivity index (χ0n) is 13.3. The molecule has 1 spiro atoms. The Morgan fingerprint density at radius 1 is 1.00 bits per heavy atom. The highest BCUT2D eigenvalue weighted by Crippen LogP contribution is 2.43. The number of piperidine rings is 1. The van der Waals surface area contributed by atoms with Gasteiger partial charge in [0, 0.05) is 18.4 Å². The summed E-state index contributed by atoms with van der Waals surface area (Å²) >= 11 is 0. The van der Waals surface area contributed by atoms with Crippen LogP contribution in [-0.2, 0) is 0 Å². The van der Waals surface area contributed by atoms with Gasteiger partial charge in [0.25, 0.3) is 0 Å². The maximum atomic E-state index is 13.2. The van der Waals surface area contributed by atoms with Crippen molar-refractivity contribution in [2.45, 2.75) is 18.4 Å². The fourth-order valence-corrected chi connectivity index (χ4v) is 3.80. The lowest BCUT2D eigenvalue weighted by molar-refractivity contribution is -0.0138. The first-order chi connectivity index (χ1) is 11.7. The maximum absolute atomic E-state index is 13.2. The zero-order valence-corrected chi connectivity index (χ0v) is 13.3. The first-order valence-electron chi connectivity index (χ1n) is 8.33. The summed E-state index contributed by atoms with van der Waals surface area (Å²) in [5, 5.41) is 3.29. The van der Waals surface area contributed by atoms with E-state index in [4.69, 9.17) is 4.74 Å². The minimum absolute atomic E-state index is 0.118. The minimum Gasteiger partial charge on any atom is -0.485 e. The number of ketones is 2. The molecule has 0 amide bonds. The molecule has 1 fully saturated rings. The van der Waals surface area contributed by atoms with Crippen LogP contribution in [0.5, 0.6) is 5.75 Å². The monoisotopic (exact) mass is 321 g/mol. The number of para-hydroxylation sites is 1. The Hall–Kier alpha value is -2.46. The van der Waals surface area contributed by atoms with Gasteiger partial charge in [-0.15, -0.1) is 0 Å². The van der Waals surface area contributed by atoms with Crippen LogP contribution in [0.2, 0.25) is 0 Å². The van der Waals surface area contributed by atoms with E-state index in [0.29, 0.717) is 29.7 Å². The molecule has 0 aliphatic carbocycles. The third kappa shape index (κ3) is 2.34. The molecule has 0 unspecified atom stereocenters. The standard InChI is InChI=1S/C20H19NO3/c22-18(14-6-2-1-3-7-14)17-19(23)15-8-4-5-9-16(15)24-20(17)10-12-21-13-11-20/h1-9,17,21H,10-13H2/t17-/m1/s1. The van der Waals surface area contributed by atoms with Gasteiger partial charge < -0.3 is 10.1 Å². The van der Waals surface area contributed by atoms with Gasteiger partial charge in [-0.1, -0.05) is 42.5 Å². The lowest BCUT2D eigenvalue weighted by Gasteiger charge is -2.45. The molecule has 2 aliphatic heterocycles. The van der Waals surface area contributed by atoms with Crippen LogP contribution in [0.25, 0.3) is 0 Å². The predicted octanol–water partition coefficient (Wildman–Crippen LogP) is 2.88. The molecule has 0 radical (unpaired) electrons. The molecule has 0 bridgehead atoms. The topological polar surface area (TPSA) is 55.4 Å². The van der Waals surface area contributed by atoms with Crippen molar-refractivity contribution in [1.29, 1.82) is 0 Å². The molecule has 2 aromatic carbocycles. The summed E-state index contributed by atoms with van der Waals surface area (Å²) in [4.78, 5) is 26.4. The van der Waals surface area contributed by atoms with E-state index in [1.165, 1.54) is 0 Å². The maximum Gasteiger partial charge on any atom is 0.181 e. The Morgan fingerprint density at radius 3 is 2.42 bits per heavy atom. The Labute approximate surface area is 140 Å². The van der Waals surface area contributed by atoms with E-state index in [0.717, 1.165) is 13.1 Å². The SMILES string of the molecule is O=C(c1ccccc1)[C@@H]1C(=O)c2ccccc2OC12CCNCC2. The summed E-state index contributed by atoms with van der Waals surface area (Å²) in [5.41, 5.74) is 0.330. The second kappa shape index (κ2) is 5.87. The van der Waals surface area contributed by atoms with Gasteiger partial charge in [-0.25, -0.2) is 0 Å². The molecule has 0 aromatic heterocycles. The predicted molar refractivity (Wildman–Crippen MR) is 90.5 cm³/mol. The van der Waals surface area contributed by atoms with Gasteiger partial charge >= 0.3 is 0 Å². The van der Waals surface area contributed by atoms with Crippen LogP contribution in [0.1, 0.15) is 33.6 Å². The van der Waals surface area contributed by atoms with Crippen LogP contribution in [0.15, 0.2) is 54.6 Å². The lowest BCUT2D eigenvalue weighted by atomic mass is 9.70. The van der Waals surface area contributed by atoms with E-state index >= 15 is 0 Å². The third-order valence-corrected chi connectivity index (χ3v) is 5.02. The molecular formula is C20H19NO3. The smallest absolute Gasteiger partial charge is 0.181 e. The highest BCUT2D eigenvalue weighted by molar-refractivity contribution is 6.18. The number of nitrogens with one attached hydrogen (secondary N) is 1. The van der Waals surface area contributed by atoms with E-state index in [9.17, 15) is 9.59 Å². The zero-order chi connectivity index (χ0) is 16.6. The van der Waals surface area contributed by atoms with E-state index in [-0.39, 0.29) is 11.6 Å². The number of fused-ring (bicyclic) bond motifs is 1. The second-order valence-electron chi connectivity index (χ2n) is 6.44. The lowest BCUT2D eigenvalue weighted by Crippen LogP contribution is -2.58. The summed E-state index contributed by atoms with van der Waals surface area (Å²) in [6, 6.07) is 16.3. The molecule has 4 nitrogen and oxygen atoms in total. The second-order valence-corrected chi connectivity index (χ2v) is 6.44. The third-order valence-electron chi connectivity index (χ3n) is 5.02. The number of benzene rings is 2. The molecule has 2 aromatic rings. The van der Waals surface area contributed by atoms with Gasteiger partial charge in [0.05, 0.1) is 5.56 Å². The average Bonchev–Trinajstić information content (AvgIpc) is 2.63. The van der Waals surface area contributed by atoms with Crippen molar-refractivity contribution in [3.63, 3.8) is 0 Å². The van der Waals surface area contributed by atoms with Crippen molar-refractivity contribution in [1.82, 2.24) is 5.32 Å². The molecule has 4 heteroatoms. The van der Waals surface area contributed by atoms with Crippen molar-refractivity contribution in [2.75, 3.05) is 13.1 Å². The highest BCUT2D eigenvalue weighted by Gasteiger charge is 2.53. The molecule has 2 aliphatic rings. The summed E-state index contributed by atoms with van der Waals surface area (Å²) < 4.78 is 6.30. The van der Waals surface area contributed by atoms with Gasteiger partial charge in [0.15, 0.2) is 11.6 Å². The van der Waals surface area contributed by atoms with E-state index < -0.39 is 11.5 Å². The Morgan fingerprint density at radius 2 is 1.67 bits per heavy atom. The minimum atomic E-state index is -0.781. The fourth-order valence-electron chi connectivity index (χ4n) is 3.80. The largest absolute Gasteiger partial charge is 0.485 e. The van der Waals surface area contributed by atoms with Crippen LogP contribution in [0.4, 0.5) is 0 Å². The normalized spacial score (nSPS) is 21.8. The van der Waals surface area contributed by atoms with Gasteiger partial charge in [0.1, 0.15) is 17.3 Å². The number of carbonyl (C=O) groups excluding carboxylic acids is 2. The van der Waals surface area contributed by atoms with E-state index in [2.05, 4.69) is 5.32 Å². The van der Waals surface area contributed by atoms with Crippen molar-refractivity contribution in [3.8, 4) is 5.75 Å². The van der Waals surface area contributed by atoms with Crippen molar-refractivity contribution in [3.05, 3.63) is 65.7 Å². The van der Waals surface area contributed by atoms with Gasteiger partial charge in [-0.3, -0.25) is 9.59 Å². The van der Waals surface area contributed by atoms with Gasteiger partial charge in [-0.2, -0.15) is 0 Å². The quantitative estimate of drug-likeness (QED) is 0.682. The number of hydrogen-bond acceptors (Lipinski definition) is 4. The summed E-state index contributed by atoms with van der Waals surface area (Å²) in [6.07, 6.45) is 1.30. The highest BCUT2D eigenvalue weighted by atomic mass is 16.5. The molecule has 24 heavy (non-hydrogen) atoms. The fraction of sp³-hybridized carbons (Fsp3) is 0.300. The number of Topliss-reactive ketones (excluding diaryl/α,β-unsaturated/α-hetero) is 2. The number of hydrogen-bond donors (Lipinski definition) is 1. The first-order valence-corrected chi connectivity index (χ1v) is 8.33. The molecule has 1 saturated heterocycles. The van der Waals surface area contributed by atoms with Crippen molar-refractivity contribution < 1.29 is 14.3 Å². The molecule has 2 heterocycles. The van der Waals surface area contributed by atoms with Crippen LogP contribution >= 0.6 is 0 Å². The molecule has 4 rings (SSSR count). The molecular weight excluding hydrogens is 302 g/mol. The molecule has 1 atom stereocenters. The van der Waals surface area contributed by atoms with Gasteiger partial charge in [-0.05, 0) is 25.2 Å². The molecule has 0 saturated carbocycles. The molecule has 122 valence electrons. The van der Waals surface area contributed by atoms with Crippen LogP contribution < -0.4 is 10.1 Å². The van der Waals surface area contributed by atoms with Crippen LogP contribution in [0, 0.1) is 5.92 Å². The van der Waals surface area contributed by atoms with E-state index in [1.807, 2.05) is 36.4 Å². The first kappa shape index (κ1) is 15.1. The molecule has 1 N–H and O–H groups in total. The Kier molecular flexibility index (Phi) is 3.69. The number of rotatable bonds is 2. The summed E-state index contributed by atoms with van der Waals surface area (Å²) in [7, 11) is 0. The Bertz CT molecular complexity index is 778. The van der Waals surface area contributed by atoms with Crippen molar-refractivity contribution >= 4 is 11.6 Å².